The first kappa shape index (κ1) is 16.5. The van der Waals surface area contributed by atoms with Crippen LogP contribution < -0.4 is 5.32 Å². The van der Waals surface area contributed by atoms with Gasteiger partial charge in [-0.1, -0.05) is 20.8 Å². The van der Waals surface area contributed by atoms with Gasteiger partial charge >= 0.3 is 0 Å². The fourth-order valence-corrected chi connectivity index (χ4v) is 3.62. The number of aryl methyl sites for hydroxylation is 1. The van der Waals surface area contributed by atoms with Gasteiger partial charge in [0.2, 0.25) is 0 Å². The third-order valence-corrected chi connectivity index (χ3v) is 5.01. The van der Waals surface area contributed by atoms with Crippen molar-refractivity contribution in [1.82, 2.24) is 20.0 Å². The lowest BCUT2D eigenvalue weighted by atomic mass is 9.84. The second kappa shape index (κ2) is 7.41. The van der Waals surface area contributed by atoms with E-state index in [1.165, 1.54) is 31.5 Å². The van der Waals surface area contributed by atoms with E-state index in [0.29, 0.717) is 6.04 Å². The maximum atomic E-state index is 4.54. The Hall–Kier alpha value is -0.870. The van der Waals surface area contributed by atoms with Crippen molar-refractivity contribution in [3.05, 3.63) is 18.0 Å². The van der Waals surface area contributed by atoms with E-state index in [2.05, 4.69) is 60.1 Å². The molecule has 2 rings (SSSR count). The summed E-state index contributed by atoms with van der Waals surface area (Å²) < 4.78 is 2.08. The largest absolute Gasteiger partial charge is 0.309 e. The molecule has 2 atom stereocenters. The number of hydrogen-bond acceptors (Lipinski definition) is 3. The summed E-state index contributed by atoms with van der Waals surface area (Å²) in [6, 6.07) is 0.358. The van der Waals surface area contributed by atoms with Crippen molar-refractivity contribution in [1.29, 1.82) is 0 Å². The number of nitrogens with one attached hydrogen (secondary N) is 1. The third-order valence-electron chi connectivity index (χ3n) is 5.01. The van der Waals surface area contributed by atoms with Crippen LogP contribution >= 0.6 is 0 Å². The van der Waals surface area contributed by atoms with Gasteiger partial charge in [-0.05, 0) is 52.2 Å². The summed E-state index contributed by atoms with van der Waals surface area (Å²) in [7, 11) is 0. The maximum Gasteiger partial charge on any atom is 0.0538 e. The highest BCUT2D eigenvalue weighted by Crippen LogP contribution is 2.36. The lowest BCUT2D eigenvalue weighted by Gasteiger charge is -2.44. The number of likely N-dealkylation sites (N-methyl/N-ethyl adjacent to an activating group) is 1. The minimum Gasteiger partial charge on any atom is -0.309 e. The molecule has 4 heteroatoms. The topological polar surface area (TPSA) is 33.1 Å². The molecule has 1 fully saturated rings. The Bertz CT molecular complexity index is 422. The van der Waals surface area contributed by atoms with Crippen LogP contribution in [0.25, 0.3) is 0 Å². The Morgan fingerprint density at radius 3 is 2.57 bits per heavy atom. The van der Waals surface area contributed by atoms with Gasteiger partial charge < -0.3 is 5.32 Å². The van der Waals surface area contributed by atoms with Gasteiger partial charge in [0.1, 0.15) is 0 Å². The van der Waals surface area contributed by atoms with Gasteiger partial charge in [-0.15, -0.1) is 0 Å². The fourth-order valence-electron chi connectivity index (χ4n) is 3.62. The van der Waals surface area contributed by atoms with E-state index in [1.54, 1.807) is 0 Å². The van der Waals surface area contributed by atoms with E-state index < -0.39 is 0 Å². The zero-order valence-corrected chi connectivity index (χ0v) is 14.2. The van der Waals surface area contributed by atoms with E-state index in [4.69, 9.17) is 0 Å². The molecule has 1 aliphatic rings. The molecule has 0 amide bonds. The van der Waals surface area contributed by atoms with Gasteiger partial charge in [0.25, 0.3) is 0 Å². The van der Waals surface area contributed by atoms with Crippen LogP contribution in [0.4, 0.5) is 0 Å². The van der Waals surface area contributed by atoms with Crippen molar-refractivity contribution in [2.45, 2.75) is 71.5 Å². The quantitative estimate of drug-likeness (QED) is 0.798. The number of likely N-dealkylation sites (tertiary alicyclic amines) is 1. The van der Waals surface area contributed by atoms with Crippen molar-refractivity contribution >= 4 is 0 Å². The zero-order chi connectivity index (χ0) is 15.3. The van der Waals surface area contributed by atoms with Crippen LogP contribution in [0.5, 0.6) is 0 Å². The van der Waals surface area contributed by atoms with Gasteiger partial charge in [-0.2, -0.15) is 5.10 Å². The second-order valence-corrected chi connectivity index (χ2v) is 6.43. The molecule has 1 saturated heterocycles. The first-order valence-electron chi connectivity index (χ1n) is 8.66. The third kappa shape index (κ3) is 3.49. The predicted molar refractivity (Wildman–Crippen MR) is 88.4 cm³/mol. The van der Waals surface area contributed by atoms with E-state index in [0.717, 1.165) is 25.9 Å². The number of rotatable bonds is 8. The van der Waals surface area contributed by atoms with Crippen LogP contribution in [0.2, 0.25) is 0 Å². The summed E-state index contributed by atoms with van der Waals surface area (Å²) in [6.45, 7) is 13.6. The normalized spacial score (nSPS) is 20.6. The van der Waals surface area contributed by atoms with Crippen molar-refractivity contribution < 1.29 is 0 Å². The average Bonchev–Trinajstić information content (AvgIpc) is 3.16. The Kier molecular flexibility index (Phi) is 5.82. The summed E-state index contributed by atoms with van der Waals surface area (Å²) in [4.78, 5) is 2.68. The zero-order valence-electron chi connectivity index (χ0n) is 14.2. The first-order chi connectivity index (χ1) is 10.2. The molecule has 2 heterocycles. The van der Waals surface area contributed by atoms with Crippen LogP contribution in [-0.2, 0) is 6.54 Å². The second-order valence-electron chi connectivity index (χ2n) is 6.43. The summed E-state index contributed by atoms with van der Waals surface area (Å²) in [5.41, 5.74) is 1.51. The molecule has 1 N–H and O–H groups in total. The summed E-state index contributed by atoms with van der Waals surface area (Å²) in [6.07, 6.45) is 9.26. The lowest BCUT2D eigenvalue weighted by Crippen LogP contribution is -2.53. The van der Waals surface area contributed by atoms with E-state index in [1.807, 2.05) is 0 Å². The van der Waals surface area contributed by atoms with Crippen molar-refractivity contribution in [2.75, 3.05) is 19.6 Å². The SMILES string of the molecule is CCCn1cc(C(NCC)C(C)(CC)N2CCCC2)cn1. The smallest absolute Gasteiger partial charge is 0.0538 e. The molecule has 21 heavy (non-hydrogen) atoms. The average molecular weight is 292 g/mol. The molecule has 0 bridgehead atoms. The highest BCUT2D eigenvalue weighted by Gasteiger charge is 2.40. The Balaban J connectivity index is 2.25. The molecule has 0 aromatic carbocycles. The van der Waals surface area contributed by atoms with Crippen molar-refractivity contribution in [2.24, 2.45) is 0 Å². The minimum absolute atomic E-state index is 0.173. The molecule has 1 aromatic heterocycles. The van der Waals surface area contributed by atoms with Gasteiger partial charge in [-0.25, -0.2) is 0 Å². The van der Waals surface area contributed by atoms with Gasteiger partial charge in [0.05, 0.1) is 12.2 Å². The highest BCUT2D eigenvalue weighted by molar-refractivity contribution is 5.18. The number of hydrogen-bond donors (Lipinski definition) is 1. The van der Waals surface area contributed by atoms with Gasteiger partial charge in [0, 0.05) is 23.8 Å². The summed E-state index contributed by atoms with van der Waals surface area (Å²) >= 11 is 0. The molecule has 0 radical (unpaired) electrons. The highest BCUT2D eigenvalue weighted by atomic mass is 15.3. The molecule has 4 nitrogen and oxygen atoms in total. The van der Waals surface area contributed by atoms with Gasteiger partial charge in [-0.3, -0.25) is 9.58 Å². The van der Waals surface area contributed by atoms with Crippen LogP contribution in [0, 0.1) is 0 Å². The molecule has 1 aromatic rings. The maximum absolute atomic E-state index is 4.54. The molecule has 1 aliphatic heterocycles. The molecule has 2 unspecified atom stereocenters. The fraction of sp³-hybridized carbons (Fsp3) is 0.824. The standard InChI is InChI=1S/C17H32N4/c1-5-10-21-14-15(13-19-21)16(18-7-3)17(4,6-2)20-11-8-9-12-20/h13-14,16,18H,5-12H2,1-4H3. The van der Waals surface area contributed by atoms with Crippen LogP contribution in [0.15, 0.2) is 12.4 Å². The minimum atomic E-state index is 0.173. The van der Waals surface area contributed by atoms with Gasteiger partial charge in [0.15, 0.2) is 0 Å². The van der Waals surface area contributed by atoms with Crippen LogP contribution in [0.3, 0.4) is 0 Å². The van der Waals surface area contributed by atoms with E-state index in [-0.39, 0.29) is 5.54 Å². The number of aromatic nitrogens is 2. The number of nitrogens with zero attached hydrogens (tertiary/aromatic N) is 3. The summed E-state index contributed by atoms with van der Waals surface area (Å²) in [5.74, 6) is 0. The lowest BCUT2D eigenvalue weighted by molar-refractivity contribution is 0.0846. The molecular formula is C17H32N4. The first-order valence-corrected chi connectivity index (χ1v) is 8.66. The monoisotopic (exact) mass is 292 g/mol. The van der Waals surface area contributed by atoms with Crippen molar-refractivity contribution in [3.63, 3.8) is 0 Å². The van der Waals surface area contributed by atoms with Crippen molar-refractivity contribution in [3.8, 4) is 0 Å². The summed E-state index contributed by atoms with van der Waals surface area (Å²) in [5, 5.41) is 8.27. The Labute approximate surface area is 129 Å². The Morgan fingerprint density at radius 2 is 2.00 bits per heavy atom. The van der Waals surface area contributed by atoms with Crippen LogP contribution in [0.1, 0.15) is 65.0 Å². The molecular weight excluding hydrogens is 260 g/mol. The van der Waals surface area contributed by atoms with E-state index >= 15 is 0 Å². The predicted octanol–water partition coefficient (Wildman–Crippen LogP) is 3.21. The van der Waals surface area contributed by atoms with Crippen LogP contribution in [-0.4, -0.2) is 39.9 Å². The molecule has 120 valence electrons. The molecule has 0 spiro atoms. The molecule has 0 aliphatic carbocycles. The van der Waals surface area contributed by atoms with E-state index in [9.17, 15) is 0 Å². The Morgan fingerprint density at radius 1 is 1.29 bits per heavy atom. The molecule has 0 saturated carbocycles.